The number of carbonyl (C=O) groups is 4. The highest BCUT2D eigenvalue weighted by atomic mass is 16.2. The van der Waals surface area contributed by atoms with Crippen molar-refractivity contribution in [1.29, 1.82) is 0 Å². The largest absolute Gasteiger partial charge is 0.357 e. The van der Waals surface area contributed by atoms with E-state index in [1.54, 1.807) is 38.2 Å². The highest BCUT2D eigenvalue weighted by Gasteiger charge is 2.52. The zero-order chi connectivity index (χ0) is 29.9. The van der Waals surface area contributed by atoms with Crippen molar-refractivity contribution in [2.45, 2.75) is 75.9 Å². The third kappa shape index (κ3) is 5.71. The second-order valence-corrected chi connectivity index (χ2v) is 11.5. The Labute approximate surface area is 246 Å². The van der Waals surface area contributed by atoms with E-state index in [1.165, 1.54) is 4.68 Å². The van der Waals surface area contributed by atoms with E-state index in [2.05, 4.69) is 38.2 Å². The number of hydrogen-bond acceptors (Lipinski definition) is 5. The van der Waals surface area contributed by atoms with Crippen LogP contribution in [-0.2, 0) is 29.5 Å². The van der Waals surface area contributed by atoms with Crippen LogP contribution in [0.5, 0.6) is 0 Å². The van der Waals surface area contributed by atoms with Crippen LogP contribution < -0.4 is 21.3 Å². The maximum Gasteiger partial charge on any atom is 0.318 e. The first-order valence-electron chi connectivity index (χ1n) is 14.7. The van der Waals surface area contributed by atoms with E-state index >= 15 is 0 Å². The number of likely N-dealkylation sites (N-methyl/N-ethyl adjacent to an activating group) is 1. The molecule has 0 bridgehead atoms. The minimum atomic E-state index is -1.07. The molecule has 1 aromatic carbocycles. The fraction of sp³-hybridized carbons (Fsp3) is 0.516. The van der Waals surface area contributed by atoms with Gasteiger partial charge in [-0.3, -0.25) is 19.1 Å². The summed E-state index contributed by atoms with van der Waals surface area (Å²) in [6.45, 7) is 2.15. The van der Waals surface area contributed by atoms with Gasteiger partial charge in [-0.25, -0.2) is 4.79 Å². The molecule has 2 fully saturated rings. The SMILES string of the molecule is CC#CCC1CN(C2(C(=O)NC)Cc3ccc(NC(=O)[C@@H](NC(=O)c4ccnn4C)C4CCCCC4)cc3C2)C(=O)N1. The zero-order valence-electron chi connectivity index (χ0n) is 24.5. The number of rotatable bonds is 8. The molecule has 1 aromatic heterocycles. The molecule has 0 radical (unpaired) electrons. The van der Waals surface area contributed by atoms with Crippen LogP contribution in [0.4, 0.5) is 10.5 Å². The highest BCUT2D eigenvalue weighted by Crippen LogP contribution is 2.38. The lowest BCUT2D eigenvalue weighted by Gasteiger charge is -2.36. The Morgan fingerprint density at radius 3 is 2.60 bits per heavy atom. The minimum Gasteiger partial charge on any atom is -0.357 e. The maximum atomic E-state index is 13.7. The van der Waals surface area contributed by atoms with Gasteiger partial charge in [-0.2, -0.15) is 5.10 Å². The molecule has 5 amide bonds. The van der Waals surface area contributed by atoms with E-state index in [-0.39, 0.29) is 35.7 Å². The molecule has 42 heavy (non-hydrogen) atoms. The molecule has 0 spiro atoms. The molecule has 1 saturated carbocycles. The molecule has 1 aliphatic heterocycles. The Bertz CT molecular complexity index is 1430. The van der Waals surface area contributed by atoms with Gasteiger partial charge in [0, 0.05) is 51.8 Å². The van der Waals surface area contributed by atoms with Crippen molar-refractivity contribution in [2.75, 3.05) is 18.9 Å². The van der Waals surface area contributed by atoms with Crippen molar-refractivity contribution in [3.63, 3.8) is 0 Å². The molecule has 2 aromatic rings. The molecule has 222 valence electrons. The van der Waals surface area contributed by atoms with Crippen LogP contribution in [0.25, 0.3) is 0 Å². The predicted molar refractivity (Wildman–Crippen MR) is 157 cm³/mol. The van der Waals surface area contributed by atoms with Crippen molar-refractivity contribution >= 4 is 29.4 Å². The minimum absolute atomic E-state index is 0.0327. The van der Waals surface area contributed by atoms with Gasteiger partial charge in [0.05, 0.1) is 6.04 Å². The van der Waals surface area contributed by atoms with Crippen molar-refractivity contribution in [3.8, 4) is 11.8 Å². The number of amides is 5. The third-order valence-corrected chi connectivity index (χ3v) is 8.85. The number of anilines is 1. The van der Waals surface area contributed by atoms with Crippen LogP contribution in [0.2, 0.25) is 0 Å². The van der Waals surface area contributed by atoms with Crippen LogP contribution in [0.15, 0.2) is 30.5 Å². The summed E-state index contributed by atoms with van der Waals surface area (Å²) in [4.78, 5) is 54.7. The number of benzene rings is 1. The fourth-order valence-corrected chi connectivity index (χ4v) is 6.65. The van der Waals surface area contributed by atoms with E-state index in [9.17, 15) is 19.2 Å². The molecule has 4 N–H and O–H groups in total. The monoisotopic (exact) mass is 573 g/mol. The number of hydrogen-bond donors (Lipinski definition) is 4. The number of urea groups is 1. The number of fused-ring (bicyclic) bond motifs is 1. The van der Waals surface area contributed by atoms with Gasteiger partial charge < -0.3 is 26.2 Å². The standard InChI is InChI=1S/C31H39N7O4/c1-4-5-11-24-19-38(30(42)35-24)31(29(41)32-2)17-21-12-13-23(16-22(21)18-31)34-28(40)26(20-9-7-6-8-10-20)36-27(39)25-14-15-33-37(25)3/h12-16,20,24,26H,6-11,17-19H2,1-3H3,(H,32,41)(H,34,40)(H,35,42)(H,36,39)/t24?,26-,31?/m0/s1. The summed E-state index contributed by atoms with van der Waals surface area (Å²) < 4.78 is 1.49. The van der Waals surface area contributed by atoms with Crippen molar-refractivity contribution in [3.05, 3.63) is 47.3 Å². The average Bonchev–Trinajstić information content (AvgIpc) is 3.71. The molecule has 5 rings (SSSR count). The second-order valence-electron chi connectivity index (χ2n) is 11.5. The van der Waals surface area contributed by atoms with Gasteiger partial charge in [-0.05, 0) is 55.0 Å². The van der Waals surface area contributed by atoms with Gasteiger partial charge in [0.15, 0.2) is 0 Å². The number of carbonyl (C=O) groups excluding carboxylic acids is 4. The average molecular weight is 574 g/mol. The van der Waals surface area contributed by atoms with Crippen LogP contribution in [0.3, 0.4) is 0 Å². The van der Waals surface area contributed by atoms with Crippen LogP contribution in [-0.4, -0.2) is 69.6 Å². The van der Waals surface area contributed by atoms with Crippen molar-refractivity contribution in [2.24, 2.45) is 13.0 Å². The number of aryl methyl sites for hydroxylation is 1. The molecule has 11 heteroatoms. The van der Waals surface area contributed by atoms with E-state index in [1.807, 2.05) is 18.2 Å². The van der Waals surface area contributed by atoms with E-state index in [0.29, 0.717) is 37.2 Å². The van der Waals surface area contributed by atoms with Crippen molar-refractivity contribution in [1.82, 2.24) is 30.6 Å². The first-order valence-corrected chi connectivity index (χ1v) is 14.7. The molecule has 11 nitrogen and oxygen atoms in total. The van der Waals surface area contributed by atoms with Gasteiger partial charge >= 0.3 is 6.03 Å². The van der Waals surface area contributed by atoms with Gasteiger partial charge in [0.1, 0.15) is 17.3 Å². The molecular formula is C31H39N7O4. The number of nitrogens with zero attached hydrogens (tertiary/aromatic N) is 3. The van der Waals surface area contributed by atoms with Crippen LogP contribution in [0, 0.1) is 17.8 Å². The van der Waals surface area contributed by atoms with Gasteiger partial charge in [-0.1, -0.05) is 25.3 Å². The Morgan fingerprint density at radius 2 is 1.90 bits per heavy atom. The second kappa shape index (κ2) is 12.3. The Morgan fingerprint density at radius 1 is 1.14 bits per heavy atom. The summed E-state index contributed by atoms with van der Waals surface area (Å²) in [7, 11) is 3.27. The molecule has 2 heterocycles. The van der Waals surface area contributed by atoms with Crippen molar-refractivity contribution < 1.29 is 19.2 Å². The quantitative estimate of drug-likeness (QED) is 0.359. The summed E-state index contributed by atoms with van der Waals surface area (Å²) in [6, 6.07) is 6.12. The number of aromatic nitrogens is 2. The molecule has 1 saturated heterocycles. The molecule has 3 atom stereocenters. The summed E-state index contributed by atoms with van der Waals surface area (Å²) in [5.74, 6) is 5.07. The lowest BCUT2D eigenvalue weighted by atomic mass is 9.83. The summed E-state index contributed by atoms with van der Waals surface area (Å²) >= 11 is 0. The predicted octanol–water partition coefficient (Wildman–Crippen LogP) is 2.13. The smallest absolute Gasteiger partial charge is 0.318 e. The molecule has 2 unspecified atom stereocenters. The topological polar surface area (TPSA) is 137 Å². The molecule has 2 aliphatic carbocycles. The van der Waals surface area contributed by atoms with E-state index in [4.69, 9.17) is 0 Å². The lowest BCUT2D eigenvalue weighted by Crippen LogP contribution is -2.60. The Hall–Kier alpha value is -4.33. The summed E-state index contributed by atoms with van der Waals surface area (Å²) in [5, 5.41) is 15.8. The van der Waals surface area contributed by atoms with Crippen LogP contribution in [0.1, 0.15) is 67.1 Å². The van der Waals surface area contributed by atoms with E-state index in [0.717, 1.165) is 43.2 Å². The number of nitrogens with one attached hydrogen (secondary N) is 4. The highest BCUT2D eigenvalue weighted by molar-refractivity contribution is 6.01. The fourth-order valence-electron chi connectivity index (χ4n) is 6.65. The van der Waals surface area contributed by atoms with Gasteiger partial charge in [0.25, 0.3) is 5.91 Å². The van der Waals surface area contributed by atoms with Crippen LogP contribution >= 0.6 is 0 Å². The van der Waals surface area contributed by atoms with Gasteiger partial charge in [-0.15, -0.1) is 11.8 Å². The van der Waals surface area contributed by atoms with E-state index < -0.39 is 11.6 Å². The Balaban J connectivity index is 1.35. The Kier molecular flexibility index (Phi) is 8.52. The summed E-state index contributed by atoms with van der Waals surface area (Å²) in [6.07, 6.45) is 7.68. The first-order chi connectivity index (χ1) is 20.3. The first kappa shape index (κ1) is 29.2. The normalized spacial score (nSPS) is 22.4. The zero-order valence-corrected chi connectivity index (χ0v) is 24.5. The molecular weight excluding hydrogens is 534 g/mol. The molecule has 3 aliphatic rings. The maximum absolute atomic E-state index is 13.7. The van der Waals surface area contributed by atoms with Gasteiger partial charge in [0.2, 0.25) is 11.8 Å². The summed E-state index contributed by atoms with van der Waals surface area (Å²) in [5.41, 5.74) is 1.76. The lowest BCUT2D eigenvalue weighted by molar-refractivity contribution is -0.130. The third-order valence-electron chi connectivity index (χ3n) is 8.85.